The number of rotatable bonds is 8. The molecule has 1 aliphatic heterocycles. The summed E-state index contributed by atoms with van der Waals surface area (Å²) in [5.41, 5.74) is 4.28. The number of aromatic nitrogens is 6. The molecule has 10 heteroatoms. The zero-order valence-corrected chi connectivity index (χ0v) is 21.6. The van der Waals surface area contributed by atoms with Crippen LogP contribution in [0.25, 0.3) is 28.2 Å². The van der Waals surface area contributed by atoms with Gasteiger partial charge in [0.15, 0.2) is 11.6 Å². The van der Waals surface area contributed by atoms with E-state index in [4.69, 9.17) is 14.7 Å². The number of aryl methyl sites for hydroxylation is 1. The summed E-state index contributed by atoms with van der Waals surface area (Å²) >= 11 is 0. The van der Waals surface area contributed by atoms with Crippen molar-refractivity contribution in [2.45, 2.75) is 32.4 Å². The summed E-state index contributed by atoms with van der Waals surface area (Å²) in [6.45, 7) is 6.20. The van der Waals surface area contributed by atoms with Crippen LogP contribution < -0.4 is 5.32 Å². The molecule has 0 bridgehead atoms. The Hall–Kier alpha value is -3.89. The molecule has 0 radical (unpaired) electrons. The van der Waals surface area contributed by atoms with E-state index < -0.39 is 0 Å². The van der Waals surface area contributed by atoms with Crippen LogP contribution in [0.4, 0.5) is 10.2 Å². The van der Waals surface area contributed by atoms with Gasteiger partial charge in [-0.15, -0.1) is 10.2 Å². The molecule has 0 spiro atoms. The number of likely N-dealkylation sites (tertiary alicyclic amines) is 1. The number of nitrogens with one attached hydrogen (secondary N) is 1. The molecule has 4 heterocycles. The van der Waals surface area contributed by atoms with Crippen LogP contribution in [0.1, 0.15) is 24.2 Å². The molecule has 5 aromatic rings. The fraction of sp³-hybridized carbons (Fsp3) is 0.357. The summed E-state index contributed by atoms with van der Waals surface area (Å²) in [5, 5.41) is 12.4. The summed E-state index contributed by atoms with van der Waals surface area (Å²) in [6.07, 6.45) is 3.97. The molecule has 0 atom stereocenters. The number of para-hydroxylation sites is 2. The maximum Gasteiger partial charge on any atom is 0.203 e. The van der Waals surface area contributed by atoms with Gasteiger partial charge in [0.2, 0.25) is 5.65 Å². The highest BCUT2D eigenvalue weighted by atomic mass is 19.1. The second kappa shape index (κ2) is 10.5. The van der Waals surface area contributed by atoms with Crippen molar-refractivity contribution in [2.24, 2.45) is 0 Å². The molecule has 38 heavy (non-hydrogen) atoms. The highest BCUT2D eigenvalue weighted by molar-refractivity contribution is 5.80. The van der Waals surface area contributed by atoms with Crippen LogP contribution in [0.3, 0.4) is 0 Å². The lowest BCUT2D eigenvalue weighted by Gasteiger charge is -2.32. The second-order valence-electron chi connectivity index (χ2n) is 9.81. The van der Waals surface area contributed by atoms with Crippen LogP contribution in [-0.4, -0.2) is 73.4 Å². The molecule has 1 N–H and O–H groups in total. The van der Waals surface area contributed by atoms with Gasteiger partial charge < -0.3 is 19.5 Å². The molecule has 1 fully saturated rings. The Labute approximate surface area is 220 Å². The number of ether oxygens (including phenoxy) is 1. The molecule has 1 saturated heterocycles. The van der Waals surface area contributed by atoms with Crippen molar-refractivity contribution in [3.63, 3.8) is 0 Å². The van der Waals surface area contributed by atoms with Gasteiger partial charge in [0, 0.05) is 45.5 Å². The minimum atomic E-state index is -0.250. The molecule has 2 aromatic carbocycles. The first-order valence-corrected chi connectivity index (χ1v) is 13.0. The number of methoxy groups -OCH3 is 1. The Morgan fingerprint density at radius 3 is 2.61 bits per heavy atom. The van der Waals surface area contributed by atoms with E-state index in [-0.39, 0.29) is 11.9 Å². The molecule has 1 aliphatic rings. The topological polar surface area (TPSA) is 85.4 Å². The Kier molecular flexibility index (Phi) is 6.73. The van der Waals surface area contributed by atoms with Gasteiger partial charge in [-0.3, -0.25) is 4.40 Å². The monoisotopic (exact) mass is 514 g/mol. The summed E-state index contributed by atoms with van der Waals surface area (Å²) in [7, 11) is 1.74. The van der Waals surface area contributed by atoms with Gasteiger partial charge in [0.25, 0.3) is 0 Å². The van der Waals surface area contributed by atoms with Crippen molar-refractivity contribution in [1.82, 2.24) is 34.0 Å². The number of imidazole rings is 1. The van der Waals surface area contributed by atoms with Crippen LogP contribution in [-0.2, 0) is 11.3 Å². The van der Waals surface area contributed by atoms with Crippen molar-refractivity contribution < 1.29 is 9.13 Å². The second-order valence-corrected chi connectivity index (χ2v) is 9.81. The summed E-state index contributed by atoms with van der Waals surface area (Å²) in [5.74, 6) is 1.98. The zero-order valence-electron chi connectivity index (χ0n) is 21.6. The third-order valence-corrected chi connectivity index (χ3v) is 7.24. The third kappa shape index (κ3) is 4.84. The molecule has 0 aliphatic carbocycles. The fourth-order valence-electron chi connectivity index (χ4n) is 5.13. The number of benzene rings is 2. The number of halogens is 1. The van der Waals surface area contributed by atoms with Gasteiger partial charge in [-0.25, -0.2) is 14.4 Å². The Morgan fingerprint density at radius 1 is 1.03 bits per heavy atom. The maximum absolute atomic E-state index is 13.6. The number of anilines is 1. The Morgan fingerprint density at radius 2 is 1.82 bits per heavy atom. The van der Waals surface area contributed by atoms with E-state index in [1.54, 1.807) is 19.2 Å². The van der Waals surface area contributed by atoms with E-state index in [0.717, 1.165) is 73.0 Å². The van der Waals surface area contributed by atoms with E-state index in [1.807, 2.05) is 35.7 Å². The minimum Gasteiger partial charge on any atom is -0.383 e. The number of piperidine rings is 1. The lowest BCUT2D eigenvalue weighted by Crippen LogP contribution is -2.40. The quantitative estimate of drug-likeness (QED) is 0.333. The molecular formula is C28H31FN8O. The van der Waals surface area contributed by atoms with Crippen molar-refractivity contribution in [3.8, 4) is 11.5 Å². The predicted octanol–water partition coefficient (Wildman–Crippen LogP) is 4.16. The number of fused-ring (bicyclic) bond motifs is 2. The van der Waals surface area contributed by atoms with Crippen molar-refractivity contribution in [3.05, 3.63) is 71.9 Å². The van der Waals surface area contributed by atoms with E-state index in [2.05, 4.69) is 31.0 Å². The highest BCUT2D eigenvalue weighted by Gasteiger charge is 2.23. The zero-order chi connectivity index (χ0) is 26.1. The first-order valence-electron chi connectivity index (χ1n) is 13.0. The molecular weight excluding hydrogens is 483 g/mol. The largest absolute Gasteiger partial charge is 0.383 e. The molecule has 0 unspecified atom stereocenters. The van der Waals surface area contributed by atoms with Crippen molar-refractivity contribution in [1.29, 1.82) is 0 Å². The van der Waals surface area contributed by atoms with Crippen LogP contribution in [0.5, 0.6) is 0 Å². The SMILES string of the molecule is COCCN1CCC(Nc2nc(-c3nc4ccccc4n3Cc3ccc(F)cc3)cn3c(C)nnc23)CC1. The predicted molar refractivity (Wildman–Crippen MR) is 145 cm³/mol. The van der Waals surface area contributed by atoms with Gasteiger partial charge >= 0.3 is 0 Å². The van der Waals surface area contributed by atoms with Crippen LogP contribution in [0.2, 0.25) is 0 Å². The molecule has 0 amide bonds. The minimum absolute atomic E-state index is 0.250. The van der Waals surface area contributed by atoms with Gasteiger partial charge in [-0.1, -0.05) is 24.3 Å². The highest BCUT2D eigenvalue weighted by Crippen LogP contribution is 2.28. The molecule has 9 nitrogen and oxygen atoms in total. The van der Waals surface area contributed by atoms with Gasteiger partial charge in [0.1, 0.15) is 17.3 Å². The Bertz CT molecular complexity index is 1550. The third-order valence-electron chi connectivity index (χ3n) is 7.24. The van der Waals surface area contributed by atoms with Gasteiger partial charge in [-0.05, 0) is 49.6 Å². The van der Waals surface area contributed by atoms with Crippen molar-refractivity contribution in [2.75, 3.05) is 38.7 Å². The number of hydrogen-bond donors (Lipinski definition) is 1. The first kappa shape index (κ1) is 24.4. The normalized spacial score (nSPS) is 15.0. The van der Waals surface area contributed by atoms with Crippen LogP contribution in [0.15, 0.2) is 54.7 Å². The average Bonchev–Trinajstić information content (AvgIpc) is 3.50. The van der Waals surface area contributed by atoms with Crippen LogP contribution >= 0.6 is 0 Å². The summed E-state index contributed by atoms with van der Waals surface area (Å²) in [4.78, 5) is 12.4. The number of hydrogen-bond acceptors (Lipinski definition) is 7. The van der Waals surface area contributed by atoms with E-state index in [1.165, 1.54) is 12.1 Å². The van der Waals surface area contributed by atoms with Crippen LogP contribution in [0, 0.1) is 12.7 Å². The van der Waals surface area contributed by atoms with E-state index in [9.17, 15) is 4.39 Å². The standard InChI is InChI=1S/C28H31FN8O/c1-19-33-34-28-26(30-22-11-13-35(14-12-22)15-16-38-2)31-24(18-36(19)28)27-32-23-5-3-4-6-25(23)37(27)17-20-7-9-21(29)10-8-20/h3-10,18,22H,11-17H2,1-2H3,(H,30,31). The maximum atomic E-state index is 13.6. The molecule has 6 rings (SSSR count). The summed E-state index contributed by atoms with van der Waals surface area (Å²) in [6, 6.07) is 14.9. The smallest absolute Gasteiger partial charge is 0.203 e. The van der Waals surface area contributed by atoms with Gasteiger partial charge in [-0.2, -0.15) is 0 Å². The van der Waals surface area contributed by atoms with Crippen molar-refractivity contribution >= 4 is 22.5 Å². The molecule has 3 aromatic heterocycles. The first-order chi connectivity index (χ1) is 18.6. The molecule has 196 valence electrons. The van der Waals surface area contributed by atoms with Gasteiger partial charge in [0.05, 0.1) is 17.6 Å². The average molecular weight is 515 g/mol. The van der Waals surface area contributed by atoms with E-state index >= 15 is 0 Å². The molecule has 0 saturated carbocycles. The lowest BCUT2D eigenvalue weighted by molar-refractivity contribution is 0.132. The lowest BCUT2D eigenvalue weighted by atomic mass is 10.1. The number of nitrogens with zero attached hydrogens (tertiary/aromatic N) is 7. The Balaban J connectivity index is 1.37. The van der Waals surface area contributed by atoms with E-state index in [0.29, 0.717) is 18.0 Å². The summed E-state index contributed by atoms with van der Waals surface area (Å²) < 4.78 is 22.9. The fourth-order valence-corrected chi connectivity index (χ4v) is 5.13.